The lowest BCUT2D eigenvalue weighted by molar-refractivity contribution is 0.600. The van der Waals surface area contributed by atoms with Gasteiger partial charge in [0.25, 0.3) is 10.0 Å². The number of nitrogens with one attached hydrogen (secondary N) is 1. The molecule has 102 valence electrons. The second-order valence-electron chi connectivity index (χ2n) is 4.24. The number of sulfonamides is 1. The van der Waals surface area contributed by atoms with Crippen molar-refractivity contribution in [2.75, 3.05) is 4.72 Å². The average molecular weight is 280 g/mol. The Hall–Kier alpha value is -1.86. The summed E-state index contributed by atoms with van der Waals surface area (Å²) in [4.78, 5) is 0.211. The van der Waals surface area contributed by atoms with Gasteiger partial charge < -0.3 is 5.73 Å². The molecule has 1 aromatic heterocycles. The third-order valence-corrected chi connectivity index (χ3v) is 4.26. The van der Waals surface area contributed by atoms with Gasteiger partial charge in [0.05, 0.1) is 11.1 Å². The van der Waals surface area contributed by atoms with Crippen LogP contribution in [0.1, 0.15) is 11.1 Å². The fraction of sp³-hybridized carbons (Fsp3) is 0.250. The fourth-order valence-corrected chi connectivity index (χ4v) is 2.91. The van der Waals surface area contributed by atoms with Crippen LogP contribution in [0.4, 0.5) is 5.82 Å². The van der Waals surface area contributed by atoms with Crippen LogP contribution in [0.25, 0.3) is 0 Å². The zero-order valence-electron chi connectivity index (χ0n) is 10.8. The normalized spacial score (nSPS) is 11.5. The summed E-state index contributed by atoms with van der Waals surface area (Å²) >= 11 is 0. The van der Waals surface area contributed by atoms with E-state index in [4.69, 9.17) is 5.73 Å². The molecule has 2 rings (SSSR count). The standard InChI is InChI=1S/C12H16N4O2S/c1-9-7-11(4-3-10(9)8-13)19(17,18)15-12-5-6-14-16(12)2/h3-7,15H,8,13H2,1-2H3. The molecule has 1 aromatic carbocycles. The van der Waals surface area contributed by atoms with Crippen LogP contribution >= 0.6 is 0 Å². The molecule has 0 fully saturated rings. The van der Waals surface area contributed by atoms with E-state index in [0.29, 0.717) is 12.4 Å². The van der Waals surface area contributed by atoms with Gasteiger partial charge in [0.1, 0.15) is 5.82 Å². The van der Waals surface area contributed by atoms with Gasteiger partial charge in [-0.2, -0.15) is 5.10 Å². The first-order chi connectivity index (χ1) is 8.94. The van der Waals surface area contributed by atoms with Crippen molar-refractivity contribution < 1.29 is 8.42 Å². The molecule has 0 radical (unpaired) electrons. The van der Waals surface area contributed by atoms with Crippen molar-refractivity contribution in [1.82, 2.24) is 9.78 Å². The molecule has 3 N–H and O–H groups in total. The minimum Gasteiger partial charge on any atom is -0.326 e. The molecular weight excluding hydrogens is 264 g/mol. The maximum Gasteiger partial charge on any atom is 0.263 e. The number of nitrogens with two attached hydrogens (primary N) is 1. The van der Waals surface area contributed by atoms with Crippen molar-refractivity contribution in [2.24, 2.45) is 12.8 Å². The molecular formula is C12H16N4O2S. The van der Waals surface area contributed by atoms with E-state index in [1.54, 1.807) is 31.3 Å². The van der Waals surface area contributed by atoms with Crippen LogP contribution in [-0.2, 0) is 23.6 Å². The van der Waals surface area contributed by atoms with Gasteiger partial charge in [0.2, 0.25) is 0 Å². The number of nitrogens with zero attached hydrogens (tertiary/aromatic N) is 2. The molecule has 0 spiro atoms. The lowest BCUT2D eigenvalue weighted by atomic mass is 10.1. The zero-order chi connectivity index (χ0) is 14.0. The first-order valence-electron chi connectivity index (χ1n) is 5.74. The molecule has 0 atom stereocenters. The molecule has 0 saturated heterocycles. The van der Waals surface area contributed by atoms with E-state index >= 15 is 0 Å². The number of hydrogen-bond donors (Lipinski definition) is 2. The summed E-state index contributed by atoms with van der Waals surface area (Å²) in [5.74, 6) is 0.417. The topological polar surface area (TPSA) is 90.0 Å². The van der Waals surface area contributed by atoms with Gasteiger partial charge in [-0.05, 0) is 30.2 Å². The summed E-state index contributed by atoms with van der Waals surface area (Å²) in [7, 11) is -1.94. The van der Waals surface area contributed by atoms with Crippen LogP contribution in [0.3, 0.4) is 0 Å². The van der Waals surface area contributed by atoms with Crippen LogP contribution in [-0.4, -0.2) is 18.2 Å². The maximum atomic E-state index is 12.2. The Kier molecular flexibility index (Phi) is 3.59. The summed E-state index contributed by atoms with van der Waals surface area (Å²) in [6.45, 7) is 2.23. The van der Waals surface area contributed by atoms with Gasteiger partial charge in [-0.3, -0.25) is 9.40 Å². The van der Waals surface area contributed by atoms with Crippen molar-refractivity contribution in [3.8, 4) is 0 Å². The third-order valence-electron chi connectivity index (χ3n) is 2.90. The van der Waals surface area contributed by atoms with Crippen LogP contribution in [0.5, 0.6) is 0 Å². The second kappa shape index (κ2) is 5.02. The number of benzene rings is 1. The first-order valence-corrected chi connectivity index (χ1v) is 7.23. The monoisotopic (exact) mass is 280 g/mol. The van der Waals surface area contributed by atoms with Crippen LogP contribution in [0.2, 0.25) is 0 Å². The highest BCUT2D eigenvalue weighted by Crippen LogP contribution is 2.18. The highest BCUT2D eigenvalue weighted by molar-refractivity contribution is 7.92. The number of anilines is 1. The van der Waals surface area contributed by atoms with Gasteiger partial charge in [-0.25, -0.2) is 8.42 Å². The Labute approximate surface area is 112 Å². The largest absolute Gasteiger partial charge is 0.326 e. The Balaban J connectivity index is 2.35. The van der Waals surface area contributed by atoms with E-state index in [-0.39, 0.29) is 4.90 Å². The van der Waals surface area contributed by atoms with E-state index in [1.165, 1.54) is 10.9 Å². The number of rotatable bonds is 4. The van der Waals surface area contributed by atoms with E-state index in [2.05, 4.69) is 9.82 Å². The van der Waals surface area contributed by atoms with Crippen LogP contribution < -0.4 is 10.5 Å². The third kappa shape index (κ3) is 2.77. The molecule has 1 heterocycles. The average Bonchev–Trinajstić information content (AvgIpc) is 2.74. The predicted octanol–water partition coefficient (Wildman–Crippen LogP) is 0.988. The summed E-state index contributed by atoms with van der Waals surface area (Å²) in [6.07, 6.45) is 1.53. The highest BCUT2D eigenvalue weighted by Gasteiger charge is 2.16. The van der Waals surface area contributed by atoms with Crippen molar-refractivity contribution in [3.63, 3.8) is 0 Å². The second-order valence-corrected chi connectivity index (χ2v) is 5.92. The smallest absolute Gasteiger partial charge is 0.263 e. The van der Waals surface area contributed by atoms with E-state index < -0.39 is 10.0 Å². The van der Waals surface area contributed by atoms with Crippen LogP contribution in [0, 0.1) is 6.92 Å². The van der Waals surface area contributed by atoms with E-state index in [9.17, 15) is 8.42 Å². The first kappa shape index (κ1) is 13.6. The van der Waals surface area contributed by atoms with Crippen molar-refractivity contribution in [1.29, 1.82) is 0 Å². The summed E-state index contributed by atoms with van der Waals surface area (Å²) in [5, 5.41) is 3.91. The van der Waals surface area contributed by atoms with Gasteiger partial charge in [-0.15, -0.1) is 0 Å². The molecule has 0 unspecified atom stereocenters. The van der Waals surface area contributed by atoms with E-state index in [1.807, 2.05) is 6.92 Å². The van der Waals surface area contributed by atoms with Gasteiger partial charge >= 0.3 is 0 Å². The molecule has 0 aliphatic heterocycles. The minimum atomic E-state index is -3.60. The number of aryl methyl sites for hydroxylation is 2. The molecule has 0 amide bonds. The summed E-state index contributed by atoms with van der Waals surface area (Å²) in [6, 6.07) is 6.49. The Morgan fingerprint density at radius 1 is 1.37 bits per heavy atom. The molecule has 0 bridgehead atoms. The Morgan fingerprint density at radius 2 is 2.11 bits per heavy atom. The lowest BCUT2D eigenvalue weighted by Crippen LogP contribution is -2.16. The molecule has 0 aliphatic carbocycles. The maximum absolute atomic E-state index is 12.2. The molecule has 19 heavy (non-hydrogen) atoms. The minimum absolute atomic E-state index is 0.211. The van der Waals surface area contributed by atoms with Crippen molar-refractivity contribution in [2.45, 2.75) is 18.4 Å². The fourth-order valence-electron chi connectivity index (χ4n) is 1.74. The quantitative estimate of drug-likeness (QED) is 0.873. The number of aromatic nitrogens is 2. The van der Waals surface area contributed by atoms with Crippen molar-refractivity contribution in [3.05, 3.63) is 41.6 Å². The summed E-state index contributed by atoms with van der Waals surface area (Å²) < 4.78 is 28.4. The Morgan fingerprint density at radius 3 is 2.63 bits per heavy atom. The van der Waals surface area contributed by atoms with Gasteiger partial charge in [0, 0.05) is 19.7 Å². The molecule has 6 nitrogen and oxygen atoms in total. The predicted molar refractivity (Wildman–Crippen MR) is 73.1 cm³/mol. The molecule has 2 aromatic rings. The molecule has 7 heteroatoms. The number of hydrogen-bond acceptors (Lipinski definition) is 4. The zero-order valence-corrected chi connectivity index (χ0v) is 11.6. The van der Waals surface area contributed by atoms with Crippen LogP contribution in [0.15, 0.2) is 35.4 Å². The molecule has 0 aliphatic rings. The summed E-state index contributed by atoms with van der Waals surface area (Å²) in [5.41, 5.74) is 7.35. The van der Waals surface area contributed by atoms with Crippen molar-refractivity contribution >= 4 is 15.8 Å². The van der Waals surface area contributed by atoms with E-state index in [0.717, 1.165) is 11.1 Å². The molecule has 0 saturated carbocycles. The van der Waals surface area contributed by atoms with Gasteiger partial charge in [0.15, 0.2) is 0 Å². The Bertz CT molecular complexity index is 692. The SMILES string of the molecule is Cc1cc(S(=O)(=O)Nc2ccnn2C)ccc1CN. The lowest BCUT2D eigenvalue weighted by Gasteiger charge is -2.10. The highest BCUT2D eigenvalue weighted by atomic mass is 32.2. The van der Waals surface area contributed by atoms with Gasteiger partial charge in [-0.1, -0.05) is 6.07 Å².